The lowest BCUT2D eigenvalue weighted by atomic mass is 10.0. The Morgan fingerprint density at radius 3 is 2.52 bits per heavy atom. The van der Waals surface area contributed by atoms with Crippen LogP contribution in [0.15, 0.2) is 72.8 Å². The Labute approximate surface area is 197 Å². The highest BCUT2D eigenvalue weighted by molar-refractivity contribution is 6.31. The van der Waals surface area contributed by atoms with E-state index in [0.29, 0.717) is 12.1 Å². The van der Waals surface area contributed by atoms with Gasteiger partial charge in [-0.25, -0.2) is 9.18 Å². The first-order valence-corrected chi connectivity index (χ1v) is 11.4. The summed E-state index contributed by atoms with van der Waals surface area (Å²) in [6.45, 7) is 2.79. The molecule has 0 aliphatic rings. The van der Waals surface area contributed by atoms with E-state index in [-0.39, 0.29) is 23.3 Å². The molecule has 3 aromatic carbocycles. The molecule has 1 heterocycles. The summed E-state index contributed by atoms with van der Waals surface area (Å²) in [7, 11) is 0. The zero-order valence-corrected chi connectivity index (χ0v) is 19.1. The zero-order chi connectivity index (χ0) is 23.4. The van der Waals surface area contributed by atoms with Crippen LogP contribution < -0.4 is 5.32 Å². The van der Waals surface area contributed by atoms with Crippen LogP contribution in [0, 0.1) is 5.82 Å². The van der Waals surface area contributed by atoms with Gasteiger partial charge in [0.05, 0.1) is 0 Å². The van der Waals surface area contributed by atoms with E-state index in [9.17, 15) is 14.3 Å². The Morgan fingerprint density at radius 2 is 1.82 bits per heavy atom. The molecular formula is C27H26ClFN2O2. The van der Waals surface area contributed by atoms with Crippen molar-refractivity contribution in [2.24, 2.45) is 0 Å². The van der Waals surface area contributed by atoms with Crippen LogP contribution in [0.1, 0.15) is 40.5 Å². The van der Waals surface area contributed by atoms with Gasteiger partial charge in [0.2, 0.25) is 0 Å². The Hall–Kier alpha value is -3.15. The van der Waals surface area contributed by atoms with E-state index in [0.717, 1.165) is 29.3 Å². The van der Waals surface area contributed by atoms with Gasteiger partial charge in [0.25, 0.3) is 0 Å². The first-order valence-electron chi connectivity index (χ1n) is 11.0. The topological polar surface area (TPSA) is 54.3 Å². The van der Waals surface area contributed by atoms with E-state index in [2.05, 4.69) is 24.4 Å². The Morgan fingerprint density at radius 1 is 1.09 bits per heavy atom. The molecule has 0 bridgehead atoms. The van der Waals surface area contributed by atoms with Crippen molar-refractivity contribution >= 4 is 28.5 Å². The lowest BCUT2D eigenvalue weighted by Gasteiger charge is -2.17. The van der Waals surface area contributed by atoms with Crippen LogP contribution in [0.5, 0.6) is 0 Å². The molecule has 33 heavy (non-hydrogen) atoms. The van der Waals surface area contributed by atoms with Crippen LogP contribution in [-0.2, 0) is 19.5 Å². The van der Waals surface area contributed by atoms with Crippen LogP contribution in [-0.4, -0.2) is 21.7 Å². The first-order chi connectivity index (χ1) is 16.0. The maximum absolute atomic E-state index is 13.5. The molecule has 0 aliphatic carbocycles. The number of carboxylic acids is 1. The van der Waals surface area contributed by atoms with Gasteiger partial charge < -0.3 is 15.0 Å². The van der Waals surface area contributed by atoms with E-state index in [4.69, 9.17) is 11.6 Å². The number of aromatic carboxylic acids is 1. The van der Waals surface area contributed by atoms with Crippen molar-refractivity contribution in [3.63, 3.8) is 0 Å². The fourth-order valence-corrected chi connectivity index (χ4v) is 4.52. The molecule has 0 radical (unpaired) electrons. The Kier molecular flexibility index (Phi) is 7.11. The predicted octanol–water partition coefficient (Wildman–Crippen LogP) is 6.29. The van der Waals surface area contributed by atoms with Gasteiger partial charge in [0.15, 0.2) is 0 Å². The lowest BCUT2D eigenvalue weighted by molar-refractivity contribution is 0.0684. The summed E-state index contributed by atoms with van der Waals surface area (Å²) >= 11 is 6.25. The van der Waals surface area contributed by atoms with Crippen molar-refractivity contribution in [1.82, 2.24) is 9.88 Å². The van der Waals surface area contributed by atoms with E-state index < -0.39 is 11.8 Å². The third-order valence-electron chi connectivity index (χ3n) is 6.01. The van der Waals surface area contributed by atoms with E-state index in [1.165, 1.54) is 17.7 Å². The first kappa shape index (κ1) is 23.0. The third kappa shape index (κ3) is 5.10. The molecule has 1 unspecified atom stereocenters. The number of carboxylic acid groups (broad SMARTS) is 1. The average molecular weight is 465 g/mol. The van der Waals surface area contributed by atoms with Crippen LogP contribution in [0.25, 0.3) is 10.9 Å². The van der Waals surface area contributed by atoms with Gasteiger partial charge in [0, 0.05) is 40.6 Å². The molecule has 1 atom stereocenters. The molecule has 0 fully saturated rings. The number of benzene rings is 3. The minimum atomic E-state index is -1.00. The van der Waals surface area contributed by atoms with Gasteiger partial charge in [0.1, 0.15) is 11.5 Å². The molecule has 0 amide bonds. The summed E-state index contributed by atoms with van der Waals surface area (Å²) in [5.74, 6) is -1.43. The maximum atomic E-state index is 13.5. The van der Waals surface area contributed by atoms with Crippen molar-refractivity contribution in [3.05, 3.63) is 106 Å². The van der Waals surface area contributed by atoms with Crippen molar-refractivity contribution in [1.29, 1.82) is 0 Å². The van der Waals surface area contributed by atoms with Crippen molar-refractivity contribution in [3.8, 4) is 0 Å². The van der Waals surface area contributed by atoms with Crippen molar-refractivity contribution in [2.75, 3.05) is 0 Å². The van der Waals surface area contributed by atoms with Crippen molar-refractivity contribution in [2.45, 2.75) is 38.9 Å². The Balaban J connectivity index is 1.69. The van der Waals surface area contributed by atoms with Gasteiger partial charge in [-0.2, -0.15) is 0 Å². The minimum Gasteiger partial charge on any atom is -0.477 e. The summed E-state index contributed by atoms with van der Waals surface area (Å²) in [6, 6.07) is 22.3. The second-order valence-electron chi connectivity index (χ2n) is 8.15. The quantitative estimate of drug-likeness (QED) is 0.306. The third-order valence-corrected chi connectivity index (χ3v) is 6.36. The lowest BCUT2D eigenvalue weighted by Crippen LogP contribution is -2.30. The highest BCUT2D eigenvalue weighted by atomic mass is 35.5. The summed E-state index contributed by atoms with van der Waals surface area (Å²) in [5.41, 5.74) is 3.67. The van der Waals surface area contributed by atoms with E-state index >= 15 is 0 Å². The summed E-state index contributed by atoms with van der Waals surface area (Å²) in [6.07, 6.45) is 1.78. The van der Waals surface area contributed by atoms with Gasteiger partial charge >= 0.3 is 5.97 Å². The molecule has 170 valence electrons. The normalized spacial score (nSPS) is 12.2. The fourth-order valence-electron chi connectivity index (χ4n) is 4.29. The number of nitrogens with one attached hydrogen (secondary N) is 1. The molecule has 0 aliphatic heterocycles. The summed E-state index contributed by atoms with van der Waals surface area (Å²) in [5, 5.41) is 14.9. The van der Waals surface area contributed by atoms with E-state index in [1.807, 2.05) is 42.5 Å². The number of rotatable bonds is 9. The largest absolute Gasteiger partial charge is 0.477 e. The molecule has 4 rings (SSSR count). The predicted molar refractivity (Wildman–Crippen MR) is 130 cm³/mol. The molecule has 0 saturated heterocycles. The fraction of sp³-hybridized carbons (Fsp3) is 0.222. The van der Waals surface area contributed by atoms with Gasteiger partial charge in [-0.3, -0.25) is 0 Å². The summed E-state index contributed by atoms with van der Waals surface area (Å²) < 4.78 is 15.3. The number of hydrogen-bond acceptors (Lipinski definition) is 2. The van der Waals surface area contributed by atoms with Gasteiger partial charge in [-0.05, 0) is 42.2 Å². The van der Waals surface area contributed by atoms with Crippen molar-refractivity contribution < 1.29 is 14.3 Å². The van der Waals surface area contributed by atoms with Crippen LogP contribution >= 0.6 is 11.6 Å². The Bertz CT molecular complexity index is 1270. The van der Waals surface area contributed by atoms with Gasteiger partial charge in [-0.1, -0.05) is 73.1 Å². The number of hydrogen-bond donors (Lipinski definition) is 2. The molecule has 6 heteroatoms. The molecule has 4 nitrogen and oxygen atoms in total. The molecule has 0 saturated carbocycles. The van der Waals surface area contributed by atoms with E-state index in [1.54, 1.807) is 10.6 Å². The highest BCUT2D eigenvalue weighted by Crippen LogP contribution is 2.29. The number of halogens is 2. The zero-order valence-electron chi connectivity index (χ0n) is 18.4. The summed E-state index contributed by atoms with van der Waals surface area (Å²) in [4.78, 5) is 12.4. The smallest absolute Gasteiger partial charge is 0.352 e. The molecular weight excluding hydrogens is 439 g/mol. The molecule has 2 N–H and O–H groups in total. The second kappa shape index (κ2) is 10.2. The van der Waals surface area contributed by atoms with Crippen LogP contribution in [0.4, 0.5) is 4.39 Å². The molecule has 1 aromatic heterocycles. The molecule has 0 spiro atoms. The van der Waals surface area contributed by atoms with Crippen LogP contribution in [0.3, 0.4) is 0 Å². The number of para-hydroxylation sites is 1. The monoisotopic (exact) mass is 464 g/mol. The number of aromatic nitrogens is 1. The number of nitrogens with zero attached hydrogens (tertiary/aromatic N) is 1. The van der Waals surface area contributed by atoms with Crippen LogP contribution in [0.2, 0.25) is 5.02 Å². The number of carbonyl (C=O) groups is 1. The minimum absolute atomic E-state index is 0.211. The maximum Gasteiger partial charge on any atom is 0.352 e. The standard InChI is InChI=1S/C27H26ClFN2O2/c1-2-21(14-18-8-4-3-5-9-18)30-16-23-22-10-6-7-11-25(22)31(26(23)27(32)33)17-19-12-13-20(29)15-24(19)28/h3-13,15,21,30H,2,14,16-17H2,1H3,(H,32,33). The van der Waals surface area contributed by atoms with Gasteiger partial charge in [-0.15, -0.1) is 0 Å². The SMILES string of the molecule is CCC(Cc1ccccc1)NCc1c(C(=O)O)n(Cc2ccc(F)cc2Cl)c2ccccc12. The highest BCUT2D eigenvalue weighted by Gasteiger charge is 2.23. The average Bonchev–Trinajstić information content (AvgIpc) is 3.12. The number of fused-ring (bicyclic) bond motifs is 1. The second-order valence-corrected chi connectivity index (χ2v) is 8.55. The molecule has 4 aromatic rings.